The molecule has 2 aromatic carbocycles. The number of ether oxygens (including phenoxy) is 3. The quantitative estimate of drug-likeness (QED) is 0.533. The van der Waals surface area contributed by atoms with Crippen LogP contribution in [0, 0.1) is 5.82 Å². The molecule has 1 aliphatic rings. The number of ketones is 1. The molecule has 9 heteroatoms. The van der Waals surface area contributed by atoms with Gasteiger partial charge in [-0.3, -0.25) is 14.4 Å². The second-order valence-electron chi connectivity index (χ2n) is 5.70. The van der Waals surface area contributed by atoms with E-state index in [4.69, 9.17) is 14.2 Å². The summed E-state index contributed by atoms with van der Waals surface area (Å²) in [5, 5.41) is 2.58. The van der Waals surface area contributed by atoms with Crippen LogP contribution >= 0.6 is 11.8 Å². The zero-order valence-electron chi connectivity index (χ0n) is 14.6. The molecule has 2 aromatic rings. The summed E-state index contributed by atoms with van der Waals surface area (Å²) in [7, 11) is 0. The highest BCUT2D eigenvalue weighted by Gasteiger charge is 2.17. The lowest BCUT2D eigenvalue weighted by atomic mass is 10.1. The number of esters is 1. The van der Waals surface area contributed by atoms with Crippen LogP contribution in [-0.2, 0) is 14.3 Å². The zero-order chi connectivity index (χ0) is 19.9. The molecule has 0 spiro atoms. The Morgan fingerprint density at radius 1 is 1.04 bits per heavy atom. The summed E-state index contributed by atoms with van der Waals surface area (Å²) in [6, 6.07) is 10.1. The average Bonchev–Trinajstić information content (AvgIpc) is 3.15. The van der Waals surface area contributed by atoms with Crippen LogP contribution in [0.4, 0.5) is 10.1 Å². The molecule has 0 saturated carbocycles. The molecular weight excluding hydrogens is 389 g/mol. The molecule has 1 amide bonds. The van der Waals surface area contributed by atoms with Crippen molar-refractivity contribution in [3.63, 3.8) is 0 Å². The summed E-state index contributed by atoms with van der Waals surface area (Å²) < 4.78 is 28.1. The van der Waals surface area contributed by atoms with E-state index in [0.29, 0.717) is 22.7 Å². The van der Waals surface area contributed by atoms with Gasteiger partial charge in [0.25, 0.3) is 0 Å². The number of halogens is 1. The minimum absolute atomic E-state index is 0.0165. The third-order valence-corrected chi connectivity index (χ3v) is 4.55. The molecule has 0 atom stereocenters. The Kier molecular flexibility index (Phi) is 6.49. The van der Waals surface area contributed by atoms with Gasteiger partial charge >= 0.3 is 5.97 Å². The molecule has 1 heterocycles. The minimum Gasteiger partial charge on any atom is -0.457 e. The number of amides is 1. The van der Waals surface area contributed by atoms with Gasteiger partial charge in [-0.15, -0.1) is 11.8 Å². The van der Waals surface area contributed by atoms with Crippen molar-refractivity contribution in [1.82, 2.24) is 0 Å². The first-order valence-electron chi connectivity index (χ1n) is 8.23. The Hall–Kier alpha value is -3.07. The van der Waals surface area contributed by atoms with E-state index in [9.17, 15) is 18.8 Å². The van der Waals surface area contributed by atoms with Crippen molar-refractivity contribution in [3.8, 4) is 11.5 Å². The van der Waals surface area contributed by atoms with Gasteiger partial charge in [0.1, 0.15) is 5.82 Å². The van der Waals surface area contributed by atoms with Crippen molar-refractivity contribution in [1.29, 1.82) is 0 Å². The predicted octanol–water partition coefficient (Wildman–Crippen LogP) is 2.65. The van der Waals surface area contributed by atoms with Gasteiger partial charge in [-0.25, -0.2) is 4.39 Å². The molecule has 1 aliphatic heterocycles. The molecule has 0 aromatic heterocycles. The maximum absolute atomic E-state index is 12.8. The summed E-state index contributed by atoms with van der Waals surface area (Å²) in [6.45, 7) is -0.297. The summed E-state index contributed by atoms with van der Waals surface area (Å²) in [5.41, 5.74) is 0.812. The van der Waals surface area contributed by atoms with Crippen LogP contribution in [-0.4, -0.2) is 42.6 Å². The lowest BCUT2D eigenvalue weighted by Crippen LogP contribution is -2.18. The van der Waals surface area contributed by atoms with Crippen molar-refractivity contribution >= 4 is 35.1 Å². The van der Waals surface area contributed by atoms with E-state index in [0.717, 1.165) is 11.8 Å². The van der Waals surface area contributed by atoms with E-state index in [2.05, 4.69) is 5.32 Å². The normalized spacial score (nSPS) is 11.8. The molecule has 0 fully saturated rings. The van der Waals surface area contributed by atoms with Crippen molar-refractivity contribution in [2.75, 3.05) is 30.2 Å². The number of hydrogen-bond donors (Lipinski definition) is 1. The number of fused-ring (bicyclic) bond motifs is 1. The maximum Gasteiger partial charge on any atom is 0.316 e. The molecule has 0 saturated heterocycles. The number of carbonyl (C=O) groups excluding carboxylic acids is 3. The molecule has 146 valence electrons. The second kappa shape index (κ2) is 9.23. The van der Waals surface area contributed by atoms with E-state index in [-0.39, 0.29) is 30.0 Å². The van der Waals surface area contributed by atoms with Gasteiger partial charge in [-0.2, -0.15) is 0 Å². The van der Waals surface area contributed by atoms with Gasteiger partial charge in [0.2, 0.25) is 12.7 Å². The minimum atomic E-state index is -0.603. The molecule has 0 unspecified atom stereocenters. The highest BCUT2D eigenvalue weighted by molar-refractivity contribution is 8.00. The zero-order valence-corrected chi connectivity index (χ0v) is 15.4. The largest absolute Gasteiger partial charge is 0.457 e. The standard InChI is InChI=1S/C19H16FNO6S/c20-13-2-4-14(5-3-13)21-18(23)9-28-10-19(24)25-8-15(22)12-1-6-16-17(7-12)27-11-26-16/h1-7H,8-11H2,(H,21,23). The molecule has 7 nitrogen and oxygen atoms in total. The lowest BCUT2D eigenvalue weighted by molar-refractivity contribution is -0.139. The second-order valence-corrected chi connectivity index (χ2v) is 6.69. The van der Waals surface area contributed by atoms with E-state index in [1.165, 1.54) is 30.3 Å². The maximum atomic E-state index is 12.8. The summed E-state index contributed by atoms with van der Waals surface area (Å²) in [5.74, 6) is -0.734. The van der Waals surface area contributed by atoms with Crippen LogP contribution < -0.4 is 14.8 Å². The molecule has 0 bridgehead atoms. The van der Waals surface area contributed by atoms with Gasteiger partial charge in [-0.05, 0) is 42.5 Å². The van der Waals surface area contributed by atoms with Crippen molar-refractivity contribution in [3.05, 3.63) is 53.8 Å². The summed E-state index contributed by atoms with van der Waals surface area (Å²) in [4.78, 5) is 35.6. The Balaban J connectivity index is 1.35. The van der Waals surface area contributed by atoms with E-state index >= 15 is 0 Å². The number of anilines is 1. The number of carbonyl (C=O) groups is 3. The van der Waals surface area contributed by atoms with Crippen LogP contribution in [0.3, 0.4) is 0 Å². The Bertz CT molecular complexity index is 886. The third-order valence-electron chi connectivity index (χ3n) is 3.64. The fourth-order valence-electron chi connectivity index (χ4n) is 2.30. The monoisotopic (exact) mass is 405 g/mol. The third kappa shape index (κ3) is 5.46. The predicted molar refractivity (Wildman–Crippen MR) is 100 cm³/mol. The molecule has 1 N–H and O–H groups in total. The number of thioether (sulfide) groups is 1. The molecule has 0 aliphatic carbocycles. The highest BCUT2D eigenvalue weighted by Crippen LogP contribution is 2.32. The van der Waals surface area contributed by atoms with Gasteiger partial charge in [-0.1, -0.05) is 0 Å². The number of nitrogens with one attached hydrogen (secondary N) is 1. The summed E-state index contributed by atoms with van der Waals surface area (Å²) in [6.07, 6.45) is 0. The molecular formula is C19H16FNO6S. The first-order chi connectivity index (χ1) is 13.5. The Labute approximate surface area is 164 Å². The van der Waals surface area contributed by atoms with E-state index < -0.39 is 18.4 Å². The number of benzene rings is 2. The van der Waals surface area contributed by atoms with Crippen molar-refractivity contribution in [2.45, 2.75) is 0 Å². The van der Waals surface area contributed by atoms with Crippen LogP contribution in [0.1, 0.15) is 10.4 Å². The lowest BCUT2D eigenvalue weighted by Gasteiger charge is -2.06. The highest BCUT2D eigenvalue weighted by atomic mass is 32.2. The first-order valence-corrected chi connectivity index (χ1v) is 9.38. The SMILES string of the molecule is O=C(CSCC(=O)OCC(=O)c1ccc2c(c1)OCO2)Nc1ccc(F)cc1. The summed E-state index contributed by atoms with van der Waals surface area (Å²) >= 11 is 1.05. The first kappa shape index (κ1) is 19.7. The molecule has 28 heavy (non-hydrogen) atoms. The van der Waals surface area contributed by atoms with Crippen LogP contribution in [0.25, 0.3) is 0 Å². The van der Waals surface area contributed by atoms with E-state index in [1.807, 2.05) is 0 Å². The fraction of sp³-hybridized carbons (Fsp3) is 0.211. The van der Waals surface area contributed by atoms with Gasteiger partial charge in [0.05, 0.1) is 11.5 Å². The Morgan fingerprint density at radius 3 is 2.57 bits per heavy atom. The Morgan fingerprint density at radius 2 is 1.79 bits per heavy atom. The van der Waals surface area contributed by atoms with Gasteiger partial charge < -0.3 is 19.5 Å². The number of Topliss-reactive ketones (excluding diaryl/α,β-unsaturated/α-hetero) is 1. The van der Waals surface area contributed by atoms with E-state index in [1.54, 1.807) is 12.1 Å². The van der Waals surface area contributed by atoms with Gasteiger partial charge in [0, 0.05) is 11.3 Å². The molecule has 3 rings (SSSR count). The van der Waals surface area contributed by atoms with Crippen LogP contribution in [0.15, 0.2) is 42.5 Å². The van der Waals surface area contributed by atoms with Crippen molar-refractivity contribution in [2.24, 2.45) is 0 Å². The molecule has 0 radical (unpaired) electrons. The number of hydrogen-bond acceptors (Lipinski definition) is 7. The van der Waals surface area contributed by atoms with Crippen LogP contribution in [0.5, 0.6) is 11.5 Å². The van der Waals surface area contributed by atoms with Crippen molar-refractivity contribution < 1.29 is 33.0 Å². The van der Waals surface area contributed by atoms with Gasteiger partial charge in [0.15, 0.2) is 23.9 Å². The number of rotatable bonds is 8. The smallest absolute Gasteiger partial charge is 0.316 e. The average molecular weight is 405 g/mol. The topological polar surface area (TPSA) is 90.9 Å². The van der Waals surface area contributed by atoms with Crippen LogP contribution in [0.2, 0.25) is 0 Å². The fourth-order valence-corrected chi connectivity index (χ4v) is 2.91.